The summed E-state index contributed by atoms with van der Waals surface area (Å²) in [6.07, 6.45) is 4.83. The highest BCUT2D eigenvalue weighted by Gasteiger charge is 2.59. The third kappa shape index (κ3) is 2.67. The topological polar surface area (TPSA) is 57.7 Å². The van der Waals surface area contributed by atoms with Gasteiger partial charge in [-0.3, -0.25) is 19.3 Å². The van der Waals surface area contributed by atoms with Gasteiger partial charge in [-0.2, -0.15) is 0 Å². The van der Waals surface area contributed by atoms with Gasteiger partial charge in [0.1, 0.15) is 6.54 Å². The highest BCUT2D eigenvalue weighted by Crippen LogP contribution is 2.52. The number of allylic oxidation sites excluding steroid dienone is 2. The number of carbonyl (C=O) groups excluding carboxylic acids is 3. The van der Waals surface area contributed by atoms with Crippen molar-refractivity contribution in [2.24, 2.45) is 23.7 Å². The summed E-state index contributed by atoms with van der Waals surface area (Å²) in [6.45, 7) is 1.35. The number of halogens is 2. The molecule has 7 heteroatoms. The van der Waals surface area contributed by atoms with Crippen LogP contribution in [0.3, 0.4) is 0 Å². The summed E-state index contributed by atoms with van der Waals surface area (Å²) in [5.41, 5.74) is 0.433. The summed E-state index contributed by atoms with van der Waals surface area (Å²) >= 11 is 0. The molecule has 1 aromatic carbocycles. The molecule has 142 valence electrons. The molecule has 5 atom stereocenters. The van der Waals surface area contributed by atoms with Crippen molar-refractivity contribution in [3.8, 4) is 0 Å². The number of benzene rings is 1. The Morgan fingerprint density at radius 1 is 1.15 bits per heavy atom. The predicted molar refractivity (Wildman–Crippen MR) is 92.0 cm³/mol. The first-order valence-electron chi connectivity index (χ1n) is 9.03. The number of amides is 3. The lowest BCUT2D eigenvalue weighted by Crippen LogP contribution is -2.43. The lowest BCUT2D eigenvalue weighted by Gasteiger charge is -2.27. The minimum atomic E-state index is -0.985. The molecule has 0 N–H and O–H groups in total. The second-order valence-electron chi connectivity index (χ2n) is 7.62. The molecular formula is C20H20F2N2O3. The van der Waals surface area contributed by atoms with Gasteiger partial charge in [-0.1, -0.05) is 18.2 Å². The number of hydrogen-bond donors (Lipinski definition) is 0. The average Bonchev–Trinajstić information content (AvgIpc) is 3.32. The minimum absolute atomic E-state index is 0.0930. The molecule has 2 fully saturated rings. The second-order valence-corrected chi connectivity index (χ2v) is 7.62. The van der Waals surface area contributed by atoms with Gasteiger partial charge in [-0.25, -0.2) is 8.78 Å². The van der Waals surface area contributed by atoms with E-state index in [4.69, 9.17) is 0 Å². The van der Waals surface area contributed by atoms with Gasteiger partial charge >= 0.3 is 0 Å². The molecule has 27 heavy (non-hydrogen) atoms. The molecule has 0 spiro atoms. The number of nitrogens with zero attached hydrogens (tertiary/aromatic N) is 2. The normalized spacial score (nSPS) is 29.4. The first kappa shape index (κ1) is 17.8. The van der Waals surface area contributed by atoms with E-state index in [9.17, 15) is 23.2 Å². The number of carbonyl (C=O) groups is 3. The van der Waals surface area contributed by atoms with Gasteiger partial charge < -0.3 is 4.90 Å². The van der Waals surface area contributed by atoms with E-state index in [-0.39, 0.29) is 42.0 Å². The van der Waals surface area contributed by atoms with E-state index in [0.717, 1.165) is 23.5 Å². The summed E-state index contributed by atoms with van der Waals surface area (Å²) < 4.78 is 26.6. The summed E-state index contributed by atoms with van der Waals surface area (Å²) in [7, 11) is 1.52. The van der Waals surface area contributed by atoms with Gasteiger partial charge in [0.2, 0.25) is 17.7 Å². The molecule has 4 rings (SSSR count). The molecule has 0 radical (unpaired) electrons. The van der Waals surface area contributed by atoms with Crippen molar-refractivity contribution in [2.75, 3.05) is 13.6 Å². The zero-order chi connectivity index (χ0) is 19.5. The average molecular weight is 374 g/mol. The third-order valence-corrected chi connectivity index (χ3v) is 6.26. The monoisotopic (exact) mass is 374 g/mol. The molecule has 2 aliphatic carbocycles. The fraction of sp³-hybridized carbons (Fsp3) is 0.450. The van der Waals surface area contributed by atoms with Crippen molar-refractivity contribution in [3.63, 3.8) is 0 Å². The molecule has 3 aliphatic rings. The van der Waals surface area contributed by atoms with Crippen molar-refractivity contribution in [2.45, 2.75) is 19.4 Å². The highest BCUT2D eigenvalue weighted by atomic mass is 19.2. The van der Waals surface area contributed by atoms with Gasteiger partial charge in [0.25, 0.3) is 0 Å². The smallest absolute Gasteiger partial charge is 0.242 e. The molecule has 1 saturated heterocycles. The zero-order valence-corrected chi connectivity index (χ0v) is 15.1. The standard InChI is InChI=1S/C20H20F2N2O3/c1-10(11-5-6-14(21)15(22)8-11)23(2)16(25)9-24-19(26)17-12-3-4-13(7-12)18(17)20(24)27/h3-6,8,10,12-13,17-18H,7,9H2,1-2H3/t10-,12+,13+,17-,18-/m1/s1. The van der Waals surface area contributed by atoms with Gasteiger partial charge in [0, 0.05) is 7.05 Å². The Morgan fingerprint density at radius 2 is 1.74 bits per heavy atom. The molecule has 0 unspecified atom stereocenters. The largest absolute Gasteiger partial charge is 0.337 e. The van der Waals surface area contributed by atoms with E-state index in [1.165, 1.54) is 18.0 Å². The molecular weight excluding hydrogens is 354 g/mol. The maximum atomic E-state index is 13.5. The summed E-state index contributed by atoms with van der Waals surface area (Å²) in [4.78, 5) is 40.4. The molecule has 1 aromatic rings. The quantitative estimate of drug-likeness (QED) is 0.600. The van der Waals surface area contributed by atoms with Crippen LogP contribution >= 0.6 is 0 Å². The van der Waals surface area contributed by atoms with Gasteiger partial charge in [-0.15, -0.1) is 0 Å². The predicted octanol–water partition coefficient (Wildman–Crippen LogP) is 2.29. The Morgan fingerprint density at radius 3 is 2.30 bits per heavy atom. The van der Waals surface area contributed by atoms with E-state index in [2.05, 4.69) is 0 Å². The van der Waals surface area contributed by atoms with Crippen molar-refractivity contribution >= 4 is 17.7 Å². The van der Waals surface area contributed by atoms with Crippen LogP contribution in [0.4, 0.5) is 8.78 Å². The van der Waals surface area contributed by atoms with Crippen molar-refractivity contribution in [1.29, 1.82) is 0 Å². The molecule has 5 nitrogen and oxygen atoms in total. The number of hydrogen-bond acceptors (Lipinski definition) is 3. The maximum Gasteiger partial charge on any atom is 0.242 e. The number of likely N-dealkylation sites (N-methyl/N-ethyl adjacent to an activating group) is 1. The van der Waals surface area contributed by atoms with Gasteiger partial charge in [-0.05, 0) is 42.9 Å². The van der Waals surface area contributed by atoms with Gasteiger partial charge in [0.05, 0.1) is 17.9 Å². The lowest BCUT2D eigenvalue weighted by molar-refractivity contribution is -0.147. The van der Waals surface area contributed by atoms with Crippen LogP contribution in [0, 0.1) is 35.3 Å². The van der Waals surface area contributed by atoms with Crippen LogP contribution in [-0.4, -0.2) is 41.1 Å². The number of fused-ring (bicyclic) bond motifs is 5. The van der Waals surface area contributed by atoms with Crippen molar-refractivity contribution in [3.05, 3.63) is 47.5 Å². The molecule has 1 aliphatic heterocycles. The summed E-state index contributed by atoms with van der Waals surface area (Å²) in [6, 6.07) is 2.94. The number of rotatable bonds is 4. The molecule has 1 heterocycles. The first-order valence-corrected chi connectivity index (χ1v) is 9.03. The minimum Gasteiger partial charge on any atom is -0.337 e. The summed E-state index contributed by atoms with van der Waals surface area (Å²) in [5.74, 6) is -3.40. The van der Waals surface area contributed by atoms with E-state index < -0.39 is 23.6 Å². The van der Waals surface area contributed by atoms with E-state index in [1.54, 1.807) is 6.92 Å². The molecule has 0 aromatic heterocycles. The van der Waals surface area contributed by atoms with Crippen LogP contribution in [0.1, 0.15) is 24.9 Å². The number of likely N-dealkylation sites (tertiary alicyclic amines) is 1. The Kier molecular flexibility index (Phi) is 4.13. The number of imide groups is 1. The Balaban J connectivity index is 1.46. The van der Waals surface area contributed by atoms with Crippen LogP contribution in [0.5, 0.6) is 0 Å². The summed E-state index contributed by atoms with van der Waals surface area (Å²) in [5, 5.41) is 0. The fourth-order valence-electron chi connectivity index (χ4n) is 4.58. The Hall–Kier alpha value is -2.57. The second kappa shape index (κ2) is 6.25. The molecule has 2 bridgehead atoms. The van der Waals surface area contributed by atoms with Crippen LogP contribution in [0.25, 0.3) is 0 Å². The van der Waals surface area contributed by atoms with Crippen LogP contribution < -0.4 is 0 Å². The van der Waals surface area contributed by atoms with Crippen LogP contribution in [-0.2, 0) is 14.4 Å². The Bertz CT molecular complexity index is 839. The first-order chi connectivity index (χ1) is 12.8. The van der Waals surface area contributed by atoms with E-state index >= 15 is 0 Å². The Labute approximate surface area is 155 Å². The zero-order valence-electron chi connectivity index (χ0n) is 15.1. The molecule has 1 saturated carbocycles. The third-order valence-electron chi connectivity index (χ3n) is 6.26. The van der Waals surface area contributed by atoms with E-state index in [0.29, 0.717) is 5.56 Å². The molecule has 3 amide bonds. The van der Waals surface area contributed by atoms with E-state index in [1.807, 2.05) is 12.2 Å². The van der Waals surface area contributed by atoms with Crippen molar-refractivity contribution < 1.29 is 23.2 Å². The lowest BCUT2D eigenvalue weighted by atomic mass is 9.85. The van der Waals surface area contributed by atoms with Crippen LogP contribution in [0.2, 0.25) is 0 Å². The fourth-order valence-corrected chi connectivity index (χ4v) is 4.58. The highest BCUT2D eigenvalue weighted by molar-refractivity contribution is 6.08. The SMILES string of the molecule is C[C@H](c1ccc(F)c(F)c1)N(C)C(=O)CN1C(=O)[C@H]2[C@H](C1=O)[C@H]1C=C[C@H]2C1. The van der Waals surface area contributed by atoms with Gasteiger partial charge in [0.15, 0.2) is 11.6 Å². The van der Waals surface area contributed by atoms with Crippen molar-refractivity contribution in [1.82, 2.24) is 9.80 Å². The van der Waals surface area contributed by atoms with Crippen LogP contribution in [0.15, 0.2) is 30.4 Å². The maximum absolute atomic E-state index is 13.5.